The van der Waals surface area contributed by atoms with E-state index < -0.39 is 37.2 Å². The number of ether oxygens (including phenoxy) is 1. The summed E-state index contributed by atoms with van der Waals surface area (Å²) in [7, 11) is -1.34. The monoisotopic (exact) mass is 515 g/mol. The van der Waals surface area contributed by atoms with E-state index in [-0.39, 0.29) is 18.0 Å². The number of amides is 1. The van der Waals surface area contributed by atoms with Crippen LogP contribution in [0.15, 0.2) is 12.1 Å². The largest absolute Gasteiger partial charge is 0.416 e. The van der Waals surface area contributed by atoms with Gasteiger partial charge in [-0.3, -0.25) is 9.69 Å². The summed E-state index contributed by atoms with van der Waals surface area (Å²) in [6.07, 6.45) is -4.68. The van der Waals surface area contributed by atoms with E-state index in [1.54, 1.807) is 22.6 Å². The number of anilines is 1. The number of fused-ring (bicyclic) bond motifs is 1. The summed E-state index contributed by atoms with van der Waals surface area (Å²) in [6, 6.07) is 3.33. The summed E-state index contributed by atoms with van der Waals surface area (Å²) in [4.78, 5) is 14.1. The van der Waals surface area contributed by atoms with Gasteiger partial charge in [-0.15, -0.1) is 0 Å². The minimum atomic E-state index is -4.68. The second-order valence-corrected chi connectivity index (χ2v) is 15.2. The molecule has 0 aromatic heterocycles. The predicted molar refractivity (Wildman–Crippen MR) is 109 cm³/mol. The van der Waals surface area contributed by atoms with Crippen molar-refractivity contribution >= 4 is 42.3 Å². The van der Waals surface area contributed by atoms with E-state index in [4.69, 9.17) is 4.74 Å². The van der Waals surface area contributed by atoms with Gasteiger partial charge in [0.05, 0.1) is 11.3 Å². The minimum Gasteiger partial charge on any atom is -0.375 e. The minimum absolute atomic E-state index is 0.0726. The molecule has 0 bridgehead atoms. The van der Waals surface area contributed by atoms with Gasteiger partial charge in [0.2, 0.25) is 0 Å². The van der Waals surface area contributed by atoms with Gasteiger partial charge in [-0.05, 0) is 46.7 Å². The Kier molecular flexibility index (Phi) is 6.40. The highest BCUT2D eigenvalue weighted by Gasteiger charge is 2.56. The summed E-state index contributed by atoms with van der Waals surface area (Å²) in [6.45, 7) is 9.87. The number of nitrogens with zero attached hydrogens (tertiary/aromatic N) is 1. The van der Waals surface area contributed by atoms with E-state index in [9.17, 15) is 23.1 Å². The van der Waals surface area contributed by atoms with Crippen molar-refractivity contribution in [2.75, 3.05) is 18.2 Å². The number of benzene rings is 1. The van der Waals surface area contributed by atoms with Gasteiger partial charge in [-0.25, -0.2) is 0 Å². The van der Waals surface area contributed by atoms with Crippen LogP contribution in [0, 0.1) is 9.49 Å². The third-order valence-electron chi connectivity index (χ3n) is 4.68. The number of carbonyl (C=O) groups excluding carboxylic acids is 1. The number of aliphatic hydroxyl groups is 1. The second kappa shape index (κ2) is 7.64. The molecule has 1 aliphatic rings. The van der Waals surface area contributed by atoms with Gasteiger partial charge in [0.25, 0.3) is 5.91 Å². The lowest BCUT2D eigenvalue weighted by atomic mass is 9.82. The van der Waals surface area contributed by atoms with Crippen LogP contribution in [-0.4, -0.2) is 32.4 Å². The van der Waals surface area contributed by atoms with Crippen LogP contribution in [0.3, 0.4) is 0 Å². The zero-order chi connectivity index (χ0) is 20.8. The number of halogens is 4. The van der Waals surface area contributed by atoms with E-state index in [0.717, 1.165) is 17.0 Å². The normalized spacial score (nSPS) is 20.6. The third kappa shape index (κ3) is 4.51. The molecule has 1 amide bonds. The molecule has 9 heteroatoms. The maximum Gasteiger partial charge on any atom is 0.416 e. The second-order valence-electron chi connectivity index (χ2n) is 8.35. The molecule has 1 aromatic carbocycles. The molecule has 152 valence electrons. The molecule has 0 spiro atoms. The van der Waals surface area contributed by atoms with Gasteiger partial charge in [0.15, 0.2) is 5.60 Å². The quantitative estimate of drug-likeness (QED) is 0.336. The molecule has 4 nitrogen and oxygen atoms in total. The van der Waals surface area contributed by atoms with Crippen molar-refractivity contribution in [2.24, 2.45) is 5.92 Å². The highest BCUT2D eigenvalue weighted by molar-refractivity contribution is 14.1. The SMILES string of the molecule is CC(C)C1(O)C(=O)N(COCC[Si](C)(C)C)c2cc(I)cc(C(F)(F)F)c21. The Balaban J connectivity index is 2.47. The van der Waals surface area contributed by atoms with Gasteiger partial charge in [-0.1, -0.05) is 33.5 Å². The molecule has 1 aromatic rings. The molecular formula is C18H25F3INO3Si. The van der Waals surface area contributed by atoms with Gasteiger partial charge in [0, 0.05) is 23.8 Å². The Hall–Kier alpha value is -0.653. The maximum absolute atomic E-state index is 13.7. The van der Waals surface area contributed by atoms with Crippen LogP contribution in [0.1, 0.15) is 25.0 Å². The first kappa shape index (κ1) is 22.6. The van der Waals surface area contributed by atoms with Crippen molar-refractivity contribution < 1.29 is 27.8 Å². The van der Waals surface area contributed by atoms with Gasteiger partial charge in [-0.2, -0.15) is 13.2 Å². The van der Waals surface area contributed by atoms with Crippen LogP contribution in [0.5, 0.6) is 0 Å². The molecule has 1 aliphatic heterocycles. The highest BCUT2D eigenvalue weighted by atomic mass is 127. The lowest BCUT2D eigenvalue weighted by molar-refractivity contribution is -0.148. The summed E-state index contributed by atoms with van der Waals surface area (Å²) < 4.78 is 46.9. The van der Waals surface area contributed by atoms with Crippen LogP contribution in [0.2, 0.25) is 25.7 Å². The van der Waals surface area contributed by atoms with Crippen LogP contribution in [0.4, 0.5) is 18.9 Å². The van der Waals surface area contributed by atoms with Crippen LogP contribution >= 0.6 is 22.6 Å². The van der Waals surface area contributed by atoms with Crippen LogP contribution in [0.25, 0.3) is 0 Å². The summed E-state index contributed by atoms with van der Waals surface area (Å²) in [5, 5.41) is 11.0. The Morgan fingerprint density at radius 3 is 2.37 bits per heavy atom. The van der Waals surface area contributed by atoms with Gasteiger partial charge >= 0.3 is 6.18 Å². The predicted octanol–water partition coefficient (Wildman–Crippen LogP) is 4.81. The Bertz CT molecular complexity index is 734. The molecule has 0 saturated heterocycles. The molecule has 2 rings (SSSR count). The van der Waals surface area contributed by atoms with Crippen LogP contribution in [-0.2, 0) is 21.3 Å². The molecule has 27 heavy (non-hydrogen) atoms. The van der Waals surface area contributed by atoms with Gasteiger partial charge in [0.1, 0.15) is 6.73 Å². The van der Waals surface area contributed by atoms with E-state index in [2.05, 4.69) is 19.6 Å². The molecule has 0 saturated carbocycles. The number of hydrogen-bond acceptors (Lipinski definition) is 3. The van der Waals surface area contributed by atoms with E-state index in [0.29, 0.717) is 10.2 Å². The Morgan fingerprint density at radius 1 is 1.30 bits per heavy atom. The maximum atomic E-state index is 13.7. The van der Waals surface area contributed by atoms with E-state index >= 15 is 0 Å². The highest BCUT2D eigenvalue weighted by Crippen LogP contribution is 2.50. The Labute approximate surface area is 172 Å². The molecule has 1 N–H and O–H groups in total. The average Bonchev–Trinajstić information content (AvgIpc) is 2.71. The number of rotatable bonds is 6. The number of alkyl halides is 3. The number of hydrogen-bond donors (Lipinski definition) is 1. The zero-order valence-electron chi connectivity index (χ0n) is 16.1. The molecule has 0 aliphatic carbocycles. The fourth-order valence-electron chi connectivity index (χ4n) is 3.05. The molecule has 1 atom stereocenters. The van der Waals surface area contributed by atoms with Crippen LogP contribution < -0.4 is 4.90 Å². The number of carbonyl (C=O) groups is 1. The van der Waals surface area contributed by atoms with Crippen molar-refractivity contribution in [3.8, 4) is 0 Å². The average molecular weight is 515 g/mol. The van der Waals surface area contributed by atoms with E-state index in [1.807, 2.05) is 0 Å². The first-order valence-corrected chi connectivity index (χ1v) is 13.5. The standard InChI is InChI=1S/C18H25F3INO3Si/c1-11(2)17(25)15-13(18(19,20)21)8-12(22)9-14(15)23(16(17)24)10-26-6-7-27(3,4)5/h8-9,11,25H,6-7,10H2,1-5H3. The van der Waals surface area contributed by atoms with Gasteiger partial charge < -0.3 is 9.84 Å². The lowest BCUT2D eigenvalue weighted by Gasteiger charge is -2.28. The topological polar surface area (TPSA) is 49.8 Å². The molecule has 0 fully saturated rings. The third-order valence-corrected chi connectivity index (χ3v) is 7.01. The van der Waals surface area contributed by atoms with E-state index in [1.165, 1.54) is 19.9 Å². The molecule has 1 heterocycles. The summed E-state index contributed by atoms with van der Waals surface area (Å²) in [5.74, 6) is -1.50. The summed E-state index contributed by atoms with van der Waals surface area (Å²) in [5.41, 5.74) is -3.50. The fraction of sp³-hybridized carbons (Fsp3) is 0.611. The van der Waals surface area contributed by atoms with Crippen molar-refractivity contribution in [3.05, 3.63) is 26.8 Å². The van der Waals surface area contributed by atoms with Crippen molar-refractivity contribution in [2.45, 2.75) is 51.3 Å². The first-order valence-electron chi connectivity index (χ1n) is 8.73. The first-order chi connectivity index (χ1) is 12.2. The van der Waals surface area contributed by atoms with Crippen molar-refractivity contribution in [1.29, 1.82) is 0 Å². The van der Waals surface area contributed by atoms with Crippen molar-refractivity contribution in [3.63, 3.8) is 0 Å². The molecular weight excluding hydrogens is 490 g/mol. The summed E-state index contributed by atoms with van der Waals surface area (Å²) >= 11 is 1.79. The zero-order valence-corrected chi connectivity index (χ0v) is 19.2. The fourth-order valence-corrected chi connectivity index (χ4v) is 4.41. The smallest absolute Gasteiger partial charge is 0.375 e. The lowest BCUT2D eigenvalue weighted by Crippen LogP contribution is -2.45. The molecule has 1 unspecified atom stereocenters. The molecule has 0 radical (unpaired) electrons. The Morgan fingerprint density at radius 2 is 1.89 bits per heavy atom. The van der Waals surface area contributed by atoms with Crippen molar-refractivity contribution in [1.82, 2.24) is 0 Å².